The number of nitrogens with one attached hydrogen (secondary N) is 1. The third kappa shape index (κ3) is 2.81. The summed E-state index contributed by atoms with van der Waals surface area (Å²) in [4.78, 5) is 22.7. The molecule has 0 spiro atoms. The second-order valence-electron chi connectivity index (χ2n) is 3.81. The van der Waals surface area contributed by atoms with Crippen LogP contribution in [0.5, 0.6) is 0 Å². The summed E-state index contributed by atoms with van der Waals surface area (Å²) < 4.78 is 4.83. The molecule has 0 aromatic heterocycles. The highest BCUT2D eigenvalue weighted by molar-refractivity contribution is 5.86. The Bertz CT molecular complexity index is 286. The number of hydrogen-bond acceptors (Lipinski definition) is 3. The van der Waals surface area contributed by atoms with Crippen LogP contribution in [-0.4, -0.2) is 25.0 Å². The summed E-state index contributed by atoms with van der Waals surface area (Å²) in [7, 11) is 0. The number of esters is 1. The molecule has 1 fully saturated rings. The number of carbonyl (C=O) groups excluding carboxylic acids is 2. The minimum absolute atomic E-state index is 0.0573. The lowest BCUT2D eigenvalue weighted by atomic mass is 9.87. The van der Waals surface area contributed by atoms with Gasteiger partial charge >= 0.3 is 5.97 Å². The van der Waals surface area contributed by atoms with E-state index in [1.807, 2.05) is 6.92 Å². The Morgan fingerprint density at radius 2 is 2.33 bits per heavy atom. The second kappa shape index (κ2) is 4.96. The van der Waals surface area contributed by atoms with Gasteiger partial charge in [-0.25, -0.2) is 0 Å². The Morgan fingerprint density at radius 3 is 2.87 bits per heavy atom. The van der Waals surface area contributed by atoms with Gasteiger partial charge in [-0.15, -0.1) is 0 Å². The highest BCUT2D eigenvalue weighted by Gasteiger charge is 2.36. The summed E-state index contributed by atoms with van der Waals surface area (Å²) in [5.74, 6) is -0.634. The summed E-state index contributed by atoms with van der Waals surface area (Å²) in [5.41, 5.74) is 0.933. The molecule has 1 aliphatic rings. The van der Waals surface area contributed by atoms with Crippen molar-refractivity contribution in [3.8, 4) is 0 Å². The van der Waals surface area contributed by atoms with E-state index < -0.39 is 0 Å². The van der Waals surface area contributed by atoms with Gasteiger partial charge in [-0.2, -0.15) is 0 Å². The van der Waals surface area contributed by atoms with E-state index in [4.69, 9.17) is 4.74 Å². The van der Waals surface area contributed by atoms with Crippen molar-refractivity contribution in [1.82, 2.24) is 5.32 Å². The number of ether oxygens (including phenoxy) is 1. The molecule has 0 bridgehead atoms. The van der Waals surface area contributed by atoms with Crippen molar-refractivity contribution < 1.29 is 14.3 Å². The molecule has 15 heavy (non-hydrogen) atoms. The molecule has 84 valence electrons. The highest BCUT2D eigenvalue weighted by atomic mass is 16.5. The summed E-state index contributed by atoms with van der Waals surface area (Å²) in [6, 6.07) is 0. The van der Waals surface area contributed by atoms with Crippen molar-refractivity contribution in [2.75, 3.05) is 13.2 Å². The molecule has 1 N–H and O–H groups in total. The average Bonchev–Trinajstić information content (AvgIpc) is 2.48. The fourth-order valence-corrected chi connectivity index (χ4v) is 1.82. The van der Waals surface area contributed by atoms with E-state index in [9.17, 15) is 9.59 Å². The largest absolute Gasteiger partial charge is 0.466 e. The van der Waals surface area contributed by atoms with Gasteiger partial charge in [0.25, 0.3) is 0 Å². The van der Waals surface area contributed by atoms with Crippen molar-refractivity contribution >= 4 is 11.9 Å². The van der Waals surface area contributed by atoms with Crippen molar-refractivity contribution in [2.45, 2.75) is 20.3 Å². The van der Waals surface area contributed by atoms with Crippen molar-refractivity contribution in [2.24, 2.45) is 11.8 Å². The van der Waals surface area contributed by atoms with Crippen LogP contribution in [0.2, 0.25) is 0 Å². The van der Waals surface area contributed by atoms with Crippen LogP contribution in [-0.2, 0) is 14.3 Å². The van der Waals surface area contributed by atoms with Gasteiger partial charge in [-0.05, 0) is 13.8 Å². The smallest absolute Gasteiger partial charge is 0.306 e. The molecule has 0 aromatic carbocycles. The lowest BCUT2D eigenvalue weighted by molar-refractivity contribution is -0.146. The molecule has 1 heterocycles. The molecule has 0 aromatic rings. The maximum atomic E-state index is 11.5. The molecule has 4 nitrogen and oxygen atoms in total. The van der Waals surface area contributed by atoms with Crippen LogP contribution in [0.1, 0.15) is 20.3 Å². The van der Waals surface area contributed by atoms with Crippen LogP contribution in [0.25, 0.3) is 0 Å². The predicted molar refractivity (Wildman–Crippen MR) is 56.1 cm³/mol. The Balaban J connectivity index is 2.60. The van der Waals surface area contributed by atoms with Crippen LogP contribution in [0.3, 0.4) is 0 Å². The lowest BCUT2D eigenvalue weighted by Gasteiger charge is -2.15. The monoisotopic (exact) mass is 211 g/mol. The summed E-state index contributed by atoms with van der Waals surface area (Å²) >= 11 is 0. The van der Waals surface area contributed by atoms with Crippen LogP contribution in [0.15, 0.2) is 12.2 Å². The Morgan fingerprint density at radius 1 is 1.67 bits per heavy atom. The maximum Gasteiger partial charge on any atom is 0.306 e. The molecule has 1 aliphatic heterocycles. The number of carbonyl (C=O) groups is 2. The van der Waals surface area contributed by atoms with Crippen LogP contribution in [0.4, 0.5) is 0 Å². The molecule has 2 atom stereocenters. The number of amides is 1. The van der Waals surface area contributed by atoms with Crippen molar-refractivity contribution in [3.05, 3.63) is 12.2 Å². The second-order valence-corrected chi connectivity index (χ2v) is 3.81. The Labute approximate surface area is 89.7 Å². The quantitative estimate of drug-likeness (QED) is 0.554. The average molecular weight is 211 g/mol. The van der Waals surface area contributed by atoms with Gasteiger partial charge in [0, 0.05) is 12.5 Å². The standard InChI is InChI=1S/C11H17NO3/c1-4-15-10(13)5-8-9(7(2)3)6-12-11(8)14/h8-9H,2,4-6H2,1,3H3,(H,12,14)/t8-,9+/m1/s1. The molecule has 4 heteroatoms. The van der Waals surface area contributed by atoms with E-state index in [-0.39, 0.29) is 30.1 Å². The highest BCUT2D eigenvalue weighted by Crippen LogP contribution is 2.27. The molecule has 0 unspecified atom stereocenters. The normalized spacial score (nSPS) is 24.8. The zero-order chi connectivity index (χ0) is 11.4. The first kappa shape index (κ1) is 11.8. The van der Waals surface area contributed by atoms with Crippen molar-refractivity contribution in [3.63, 3.8) is 0 Å². The van der Waals surface area contributed by atoms with Gasteiger partial charge < -0.3 is 10.1 Å². The van der Waals surface area contributed by atoms with Crippen molar-refractivity contribution in [1.29, 1.82) is 0 Å². The summed E-state index contributed by atoms with van der Waals surface area (Å²) in [6.07, 6.45) is 0.150. The molecule has 1 rings (SSSR count). The van der Waals surface area contributed by atoms with Gasteiger partial charge in [-0.1, -0.05) is 12.2 Å². The molecular weight excluding hydrogens is 194 g/mol. The van der Waals surface area contributed by atoms with E-state index >= 15 is 0 Å². The lowest BCUT2D eigenvalue weighted by Crippen LogP contribution is -2.23. The molecular formula is C11H17NO3. The third-order valence-corrected chi connectivity index (χ3v) is 2.64. The van der Waals surface area contributed by atoms with Gasteiger partial charge in [0.05, 0.1) is 18.9 Å². The van der Waals surface area contributed by atoms with Crippen LogP contribution >= 0.6 is 0 Å². The summed E-state index contributed by atoms with van der Waals surface area (Å²) in [6.45, 7) is 8.40. The van der Waals surface area contributed by atoms with Gasteiger partial charge in [0.2, 0.25) is 5.91 Å². The fraction of sp³-hybridized carbons (Fsp3) is 0.636. The minimum atomic E-state index is -0.314. The predicted octanol–water partition coefficient (Wildman–Crippen LogP) is 0.878. The van der Waals surface area contributed by atoms with Gasteiger partial charge in [-0.3, -0.25) is 9.59 Å². The summed E-state index contributed by atoms with van der Waals surface area (Å²) in [5, 5.41) is 2.74. The number of rotatable bonds is 4. The Hall–Kier alpha value is -1.32. The van der Waals surface area contributed by atoms with Crippen LogP contribution < -0.4 is 5.32 Å². The SMILES string of the molecule is C=C(C)[C@@H]1CNC(=O)[C@@H]1CC(=O)OCC. The van der Waals surface area contributed by atoms with E-state index in [2.05, 4.69) is 11.9 Å². The molecule has 1 saturated heterocycles. The van der Waals surface area contributed by atoms with E-state index in [1.165, 1.54) is 0 Å². The number of hydrogen-bond donors (Lipinski definition) is 1. The van der Waals surface area contributed by atoms with E-state index in [0.29, 0.717) is 13.2 Å². The minimum Gasteiger partial charge on any atom is -0.466 e. The zero-order valence-electron chi connectivity index (χ0n) is 9.21. The third-order valence-electron chi connectivity index (χ3n) is 2.64. The van der Waals surface area contributed by atoms with Crippen LogP contribution in [0, 0.1) is 11.8 Å². The first-order chi connectivity index (χ1) is 7.06. The topological polar surface area (TPSA) is 55.4 Å². The Kier molecular flexibility index (Phi) is 3.88. The van der Waals surface area contributed by atoms with E-state index in [1.54, 1.807) is 6.92 Å². The van der Waals surface area contributed by atoms with Gasteiger partial charge in [0.1, 0.15) is 0 Å². The van der Waals surface area contributed by atoms with E-state index in [0.717, 1.165) is 5.57 Å². The maximum absolute atomic E-state index is 11.5. The fourth-order valence-electron chi connectivity index (χ4n) is 1.82. The molecule has 0 radical (unpaired) electrons. The molecule has 0 aliphatic carbocycles. The zero-order valence-corrected chi connectivity index (χ0v) is 9.21. The molecule has 1 amide bonds. The first-order valence-electron chi connectivity index (χ1n) is 5.15. The molecule has 0 saturated carbocycles. The first-order valence-corrected chi connectivity index (χ1v) is 5.15. The van der Waals surface area contributed by atoms with Gasteiger partial charge in [0.15, 0.2) is 0 Å².